The van der Waals surface area contributed by atoms with Gasteiger partial charge in [0.05, 0.1) is 6.04 Å². The molecular formula is C32H45F3N4O2S. The zero-order valence-corrected chi connectivity index (χ0v) is 26.0. The van der Waals surface area contributed by atoms with Crippen LogP contribution in [0.1, 0.15) is 63.6 Å². The van der Waals surface area contributed by atoms with Gasteiger partial charge < -0.3 is 15.5 Å². The Morgan fingerprint density at radius 3 is 2.19 bits per heavy atom. The summed E-state index contributed by atoms with van der Waals surface area (Å²) >= 11 is -0.0851. The predicted octanol–water partition coefficient (Wildman–Crippen LogP) is 6.17. The minimum Gasteiger partial charge on any atom is -0.372 e. The standard InChI is InChI=1S/C31H42F3N3OS.CH3NO/c1-30(2,3)27-22-36(19-20-37(27)28(38)21-23-9-8-17-35(4)18-16-23)29(24-10-6-5-7-11-24)25-12-14-26(15-13-25)39-31(32,33)34;2-1-3/h5-7,10-15,23,27,29H,8-9,16-22H2,1-4H3;1H,(H2,2,3). The zero-order chi connectivity index (χ0) is 30.9. The van der Waals surface area contributed by atoms with Crippen molar-refractivity contribution < 1.29 is 22.8 Å². The van der Waals surface area contributed by atoms with Crippen molar-refractivity contribution in [2.75, 3.05) is 39.8 Å². The van der Waals surface area contributed by atoms with Crippen molar-refractivity contribution >= 4 is 24.1 Å². The Balaban J connectivity index is 0.00000155. The molecule has 0 aliphatic carbocycles. The normalized spacial score (nSPS) is 21.5. The van der Waals surface area contributed by atoms with E-state index in [0.29, 0.717) is 32.0 Å². The third-order valence-electron chi connectivity index (χ3n) is 8.18. The Labute approximate surface area is 252 Å². The molecular weight excluding hydrogens is 561 g/mol. The summed E-state index contributed by atoms with van der Waals surface area (Å²) in [6, 6.07) is 16.8. The van der Waals surface area contributed by atoms with Gasteiger partial charge in [0.15, 0.2) is 0 Å². The van der Waals surface area contributed by atoms with Crippen LogP contribution < -0.4 is 5.73 Å². The van der Waals surface area contributed by atoms with Gasteiger partial charge in [-0.05, 0) is 85.8 Å². The molecule has 2 amide bonds. The fourth-order valence-electron chi connectivity index (χ4n) is 6.06. The summed E-state index contributed by atoms with van der Waals surface area (Å²) < 4.78 is 38.8. The quantitative estimate of drug-likeness (QED) is 0.315. The van der Waals surface area contributed by atoms with Crippen LogP contribution in [-0.2, 0) is 9.59 Å². The highest BCUT2D eigenvalue weighted by Crippen LogP contribution is 2.39. The number of likely N-dealkylation sites (tertiary alicyclic amines) is 1. The number of benzene rings is 2. The largest absolute Gasteiger partial charge is 0.446 e. The van der Waals surface area contributed by atoms with Crippen LogP contribution in [0.5, 0.6) is 0 Å². The highest BCUT2D eigenvalue weighted by Gasteiger charge is 2.40. The highest BCUT2D eigenvalue weighted by molar-refractivity contribution is 8.00. The molecule has 2 fully saturated rings. The second-order valence-electron chi connectivity index (χ2n) is 12.3. The maximum Gasteiger partial charge on any atom is 0.446 e. The number of amides is 2. The van der Waals surface area contributed by atoms with E-state index in [1.54, 1.807) is 12.1 Å². The number of hydrogen-bond donors (Lipinski definition) is 1. The maximum atomic E-state index is 13.7. The number of nitrogens with zero attached hydrogens (tertiary/aromatic N) is 3. The summed E-state index contributed by atoms with van der Waals surface area (Å²) in [5.41, 5.74) is 1.80. The van der Waals surface area contributed by atoms with Gasteiger partial charge in [-0.25, -0.2) is 0 Å². The molecule has 0 radical (unpaired) electrons. The van der Waals surface area contributed by atoms with Gasteiger partial charge in [0, 0.05) is 37.0 Å². The van der Waals surface area contributed by atoms with E-state index >= 15 is 0 Å². The van der Waals surface area contributed by atoms with Gasteiger partial charge in [-0.3, -0.25) is 14.5 Å². The second-order valence-corrected chi connectivity index (χ2v) is 13.5. The van der Waals surface area contributed by atoms with Crippen LogP contribution in [0.2, 0.25) is 0 Å². The molecule has 0 bridgehead atoms. The molecule has 2 aliphatic rings. The van der Waals surface area contributed by atoms with E-state index in [1.807, 2.05) is 30.3 Å². The number of hydrogen-bond acceptors (Lipinski definition) is 5. The van der Waals surface area contributed by atoms with E-state index in [1.165, 1.54) is 0 Å². The molecule has 3 unspecified atom stereocenters. The van der Waals surface area contributed by atoms with Crippen LogP contribution in [-0.4, -0.2) is 78.3 Å². The van der Waals surface area contributed by atoms with Crippen molar-refractivity contribution in [1.82, 2.24) is 14.7 Å². The monoisotopic (exact) mass is 606 g/mol. The van der Waals surface area contributed by atoms with Gasteiger partial charge in [-0.15, -0.1) is 0 Å². The average Bonchev–Trinajstić information content (AvgIpc) is 3.13. The van der Waals surface area contributed by atoms with Crippen molar-refractivity contribution in [3.63, 3.8) is 0 Å². The zero-order valence-electron chi connectivity index (χ0n) is 25.1. The molecule has 0 saturated carbocycles. The molecule has 3 atom stereocenters. The van der Waals surface area contributed by atoms with Gasteiger partial charge >= 0.3 is 5.51 Å². The minimum absolute atomic E-state index is 0.0403. The average molecular weight is 607 g/mol. The van der Waals surface area contributed by atoms with E-state index in [4.69, 9.17) is 4.79 Å². The number of alkyl halides is 3. The van der Waals surface area contributed by atoms with Gasteiger partial charge in [0.2, 0.25) is 12.3 Å². The first kappa shape index (κ1) is 33.9. The first-order chi connectivity index (χ1) is 19.8. The van der Waals surface area contributed by atoms with E-state index in [9.17, 15) is 18.0 Å². The Kier molecular flexibility index (Phi) is 12.3. The Morgan fingerprint density at radius 1 is 0.976 bits per heavy atom. The van der Waals surface area contributed by atoms with Crippen molar-refractivity contribution in [2.45, 2.75) is 68.9 Å². The number of piperazine rings is 1. The predicted molar refractivity (Wildman–Crippen MR) is 163 cm³/mol. The number of carbonyl (C=O) groups is 2. The number of thioether (sulfide) groups is 1. The maximum absolute atomic E-state index is 13.7. The first-order valence-electron chi connectivity index (χ1n) is 14.6. The van der Waals surface area contributed by atoms with Crippen LogP contribution in [0.15, 0.2) is 59.5 Å². The lowest BCUT2D eigenvalue weighted by Crippen LogP contribution is -2.60. The lowest BCUT2D eigenvalue weighted by atomic mass is 9.82. The molecule has 2 aromatic carbocycles. The highest BCUT2D eigenvalue weighted by atomic mass is 32.2. The molecule has 2 saturated heterocycles. The Bertz CT molecular complexity index is 1130. The van der Waals surface area contributed by atoms with Crippen LogP contribution in [0.4, 0.5) is 13.2 Å². The van der Waals surface area contributed by atoms with Crippen LogP contribution in [0, 0.1) is 11.3 Å². The smallest absolute Gasteiger partial charge is 0.372 e. The fraction of sp³-hybridized carbons (Fsp3) is 0.562. The summed E-state index contributed by atoms with van der Waals surface area (Å²) in [6.45, 7) is 10.8. The Morgan fingerprint density at radius 2 is 1.60 bits per heavy atom. The number of primary amides is 1. The minimum atomic E-state index is -4.31. The van der Waals surface area contributed by atoms with E-state index in [0.717, 1.165) is 43.5 Å². The van der Waals surface area contributed by atoms with Crippen molar-refractivity contribution in [2.24, 2.45) is 17.1 Å². The molecule has 2 heterocycles. The summed E-state index contributed by atoms with van der Waals surface area (Å²) in [4.78, 5) is 29.3. The van der Waals surface area contributed by atoms with Crippen molar-refractivity contribution in [1.29, 1.82) is 0 Å². The second kappa shape index (κ2) is 15.3. The molecule has 232 valence electrons. The molecule has 4 rings (SSSR count). The Hall–Kier alpha value is -2.56. The van der Waals surface area contributed by atoms with Gasteiger partial charge in [-0.2, -0.15) is 13.2 Å². The van der Waals surface area contributed by atoms with Gasteiger partial charge in [-0.1, -0.05) is 63.2 Å². The van der Waals surface area contributed by atoms with Crippen LogP contribution >= 0.6 is 11.8 Å². The van der Waals surface area contributed by atoms with Gasteiger partial charge in [0.25, 0.3) is 0 Å². The third-order valence-corrected chi connectivity index (χ3v) is 8.92. The lowest BCUT2D eigenvalue weighted by Gasteiger charge is -2.49. The third kappa shape index (κ3) is 10.0. The number of carbonyl (C=O) groups excluding carboxylic acids is 2. The molecule has 2 N–H and O–H groups in total. The lowest BCUT2D eigenvalue weighted by molar-refractivity contribution is -0.141. The number of rotatable bonds is 6. The molecule has 10 heteroatoms. The summed E-state index contributed by atoms with van der Waals surface area (Å²) in [6.07, 6.45) is 4.18. The van der Waals surface area contributed by atoms with Crippen molar-refractivity contribution in [3.8, 4) is 0 Å². The van der Waals surface area contributed by atoms with Crippen molar-refractivity contribution in [3.05, 3.63) is 65.7 Å². The van der Waals surface area contributed by atoms with Crippen LogP contribution in [0.3, 0.4) is 0 Å². The molecule has 6 nitrogen and oxygen atoms in total. The SMILES string of the molecule is CN1CCCC(CC(=O)N2CCN(C(c3ccccc3)c3ccc(SC(F)(F)F)cc3)CC2C(C)(C)C)CC1.NC=O. The molecule has 42 heavy (non-hydrogen) atoms. The molecule has 2 aliphatic heterocycles. The van der Waals surface area contributed by atoms with Gasteiger partial charge in [0.1, 0.15) is 0 Å². The fourth-order valence-corrected chi connectivity index (χ4v) is 6.60. The number of nitrogens with two attached hydrogens (primary N) is 1. The summed E-state index contributed by atoms with van der Waals surface area (Å²) in [5.74, 6) is 0.695. The van der Waals surface area contributed by atoms with Crippen LogP contribution in [0.25, 0.3) is 0 Å². The van der Waals surface area contributed by atoms with E-state index < -0.39 is 5.51 Å². The first-order valence-corrected chi connectivity index (χ1v) is 15.4. The molecule has 0 aromatic heterocycles. The molecule has 0 spiro atoms. The summed E-state index contributed by atoms with van der Waals surface area (Å²) in [5, 5.41) is 0. The van der Waals surface area contributed by atoms with E-state index in [-0.39, 0.29) is 46.5 Å². The topological polar surface area (TPSA) is 69.9 Å². The number of halogens is 3. The van der Waals surface area contributed by atoms with E-state index in [2.05, 4.69) is 60.4 Å². The summed E-state index contributed by atoms with van der Waals surface area (Å²) in [7, 11) is 2.16. The molecule has 2 aromatic rings.